The number of rotatable bonds is 6. The Bertz CT molecular complexity index is 1430. The van der Waals surface area contributed by atoms with Crippen molar-refractivity contribution in [2.24, 2.45) is 7.05 Å². The van der Waals surface area contributed by atoms with E-state index in [9.17, 15) is 13.2 Å². The molecular formula is C27H36N6O5S. The fraction of sp³-hybridized carbons (Fsp3) is 0.481. The highest BCUT2D eigenvalue weighted by atomic mass is 32.2. The molecule has 1 N–H and O–H groups in total. The van der Waals surface area contributed by atoms with E-state index in [2.05, 4.69) is 19.8 Å². The Morgan fingerprint density at radius 2 is 1.82 bits per heavy atom. The van der Waals surface area contributed by atoms with Crippen LogP contribution in [0.3, 0.4) is 0 Å². The number of hydrogen-bond donors (Lipinski definition) is 1. The molecule has 0 bridgehead atoms. The number of hydrogen-bond acceptors (Lipinski definition) is 8. The van der Waals surface area contributed by atoms with Crippen molar-refractivity contribution in [1.29, 1.82) is 0 Å². The number of nitrogens with one attached hydrogen (secondary N) is 1. The lowest BCUT2D eigenvalue weighted by molar-refractivity contribution is 0.0252. The molecule has 1 amide bonds. The first-order valence-electron chi connectivity index (χ1n) is 12.9. The predicted octanol–water partition coefficient (Wildman–Crippen LogP) is 4.46. The lowest BCUT2D eigenvalue weighted by Gasteiger charge is -2.26. The van der Waals surface area contributed by atoms with Crippen molar-refractivity contribution in [2.45, 2.75) is 70.5 Å². The number of sulfonamides is 1. The SMILES string of the molecule is Cc1cccc(C)c1-c1cc(OC2CCCN(C(=O)OC(C)(C)C)CC2)nc(NS(=O)(=O)c2cnn(C)c2)n1. The van der Waals surface area contributed by atoms with Crippen LogP contribution in [0.15, 0.2) is 41.6 Å². The quantitative estimate of drug-likeness (QED) is 0.471. The summed E-state index contributed by atoms with van der Waals surface area (Å²) in [5.41, 5.74) is 2.84. The van der Waals surface area contributed by atoms with Gasteiger partial charge in [0.2, 0.25) is 11.8 Å². The zero-order chi connectivity index (χ0) is 28.4. The zero-order valence-electron chi connectivity index (χ0n) is 23.3. The smallest absolute Gasteiger partial charge is 0.410 e. The van der Waals surface area contributed by atoms with Crippen molar-refractivity contribution in [2.75, 3.05) is 17.8 Å². The van der Waals surface area contributed by atoms with Gasteiger partial charge in [-0.2, -0.15) is 10.1 Å². The normalized spacial score (nSPS) is 16.5. The fourth-order valence-electron chi connectivity index (χ4n) is 4.46. The molecule has 0 aliphatic carbocycles. The van der Waals surface area contributed by atoms with Crippen molar-refractivity contribution in [3.63, 3.8) is 0 Å². The van der Waals surface area contributed by atoms with Crippen molar-refractivity contribution < 1.29 is 22.7 Å². The van der Waals surface area contributed by atoms with E-state index in [1.54, 1.807) is 18.0 Å². The van der Waals surface area contributed by atoms with E-state index in [-0.39, 0.29) is 28.9 Å². The van der Waals surface area contributed by atoms with Gasteiger partial charge >= 0.3 is 6.09 Å². The first-order chi connectivity index (χ1) is 18.3. The number of aromatic nitrogens is 4. The van der Waals surface area contributed by atoms with Gasteiger partial charge in [0.05, 0.1) is 11.9 Å². The van der Waals surface area contributed by atoms with Gasteiger partial charge in [0.25, 0.3) is 10.0 Å². The average Bonchev–Trinajstić information content (AvgIpc) is 3.13. The average molecular weight is 557 g/mol. The second kappa shape index (κ2) is 11.2. The summed E-state index contributed by atoms with van der Waals surface area (Å²) in [5.74, 6) is 0.153. The monoisotopic (exact) mass is 556 g/mol. The number of likely N-dealkylation sites (tertiary alicyclic amines) is 1. The van der Waals surface area contributed by atoms with Crippen LogP contribution < -0.4 is 9.46 Å². The molecule has 11 nitrogen and oxygen atoms in total. The third kappa shape index (κ3) is 7.25. The summed E-state index contributed by atoms with van der Waals surface area (Å²) in [4.78, 5) is 23.2. The number of anilines is 1. The predicted molar refractivity (Wildman–Crippen MR) is 147 cm³/mol. The number of ether oxygens (including phenoxy) is 2. The number of aryl methyl sites for hydroxylation is 3. The summed E-state index contributed by atoms with van der Waals surface area (Å²) >= 11 is 0. The van der Waals surface area contributed by atoms with Crippen LogP contribution in [0, 0.1) is 13.8 Å². The van der Waals surface area contributed by atoms with Crippen molar-refractivity contribution in [1.82, 2.24) is 24.6 Å². The zero-order valence-corrected chi connectivity index (χ0v) is 24.1. The highest BCUT2D eigenvalue weighted by molar-refractivity contribution is 7.92. The minimum Gasteiger partial charge on any atom is -0.474 e. The Morgan fingerprint density at radius 3 is 2.46 bits per heavy atom. The van der Waals surface area contributed by atoms with Crippen LogP contribution in [0.4, 0.5) is 10.7 Å². The van der Waals surface area contributed by atoms with Gasteiger partial charge < -0.3 is 14.4 Å². The second-order valence-electron chi connectivity index (χ2n) is 10.8. The largest absolute Gasteiger partial charge is 0.474 e. The van der Waals surface area contributed by atoms with Gasteiger partial charge in [-0.15, -0.1) is 0 Å². The molecular weight excluding hydrogens is 520 g/mol. The summed E-state index contributed by atoms with van der Waals surface area (Å²) in [6.07, 6.45) is 4.13. The third-order valence-corrected chi connectivity index (χ3v) is 7.55. The van der Waals surface area contributed by atoms with Crippen LogP contribution in [0.1, 0.15) is 51.2 Å². The molecule has 2 aromatic heterocycles. The highest BCUT2D eigenvalue weighted by Gasteiger charge is 2.27. The van der Waals surface area contributed by atoms with E-state index in [1.165, 1.54) is 17.1 Å². The third-order valence-electron chi connectivity index (χ3n) is 6.27. The summed E-state index contributed by atoms with van der Waals surface area (Å²) in [5, 5.41) is 3.95. The Labute approximate surface area is 229 Å². The van der Waals surface area contributed by atoms with Gasteiger partial charge in [-0.3, -0.25) is 4.68 Å². The molecule has 3 heterocycles. The van der Waals surface area contributed by atoms with Crippen LogP contribution in [-0.4, -0.2) is 64.0 Å². The number of carbonyl (C=O) groups is 1. The molecule has 4 rings (SSSR count). The summed E-state index contributed by atoms with van der Waals surface area (Å²) in [7, 11) is -2.33. The number of nitrogens with zero attached hydrogens (tertiary/aromatic N) is 5. The van der Waals surface area contributed by atoms with Gasteiger partial charge in [0.15, 0.2) is 0 Å². The summed E-state index contributed by atoms with van der Waals surface area (Å²) in [6.45, 7) is 10.5. The Hall–Kier alpha value is -3.67. The summed E-state index contributed by atoms with van der Waals surface area (Å²) in [6, 6.07) is 7.64. The number of amides is 1. The second-order valence-corrected chi connectivity index (χ2v) is 12.5. The molecule has 12 heteroatoms. The molecule has 1 aromatic carbocycles. The first-order valence-corrected chi connectivity index (χ1v) is 14.4. The molecule has 1 unspecified atom stereocenters. The molecule has 0 radical (unpaired) electrons. The molecule has 1 saturated heterocycles. The molecule has 1 fully saturated rings. The van der Waals surface area contributed by atoms with Gasteiger partial charge in [0, 0.05) is 44.4 Å². The van der Waals surface area contributed by atoms with Crippen LogP contribution in [0.2, 0.25) is 0 Å². The van der Waals surface area contributed by atoms with Gasteiger partial charge in [-0.05, 0) is 58.6 Å². The lowest BCUT2D eigenvalue weighted by atomic mass is 10.00. The minimum atomic E-state index is -3.97. The van der Waals surface area contributed by atoms with E-state index >= 15 is 0 Å². The van der Waals surface area contributed by atoms with Crippen LogP contribution in [0.5, 0.6) is 5.88 Å². The Balaban J connectivity index is 1.61. The van der Waals surface area contributed by atoms with Gasteiger partial charge in [-0.1, -0.05) is 18.2 Å². The van der Waals surface area contributed by atoms with Gasteiger partial charge in [-0.25, -0.2) is 22.9 Å². The van der Waals surface area contributed by atoms with Crippen LogP contribution in [-0.2, 0) is 21.8 Å². The Morgan fingerprint density at radius 1 is 1.10 bits per heavy atom. The van der Waals surface area contributed by atoms with Crippen molar-refractivity contribution >= 4 is 22.1 Å². The topological polar surface area (TPSA) is 129 Å². The Kier molecular flexibility index (Phi) is 8.15. The minimum absolute atomic E-state index is 0.000420. The van der Waals surface area contributed by atoms with Crippen molar-refractivity contribution in [3.8, 4) is 17.1 Å². The van der Waals surface area contributed by atoms with E-state index < -0.39 is 15.6 Å². The highest BCUT2D eigenvalue weighted by Crippen LogP contribution is 2.30. The van der Waals surface area contributed by atoms with Crippen LogP contribution in [0.25, 0.3) is 11.3 Å². The molecule has 0 saturated carbocycles. The molecule has 1 aliphatic rings. The van der Waals surface area contributed by atoms with E-state index in [0.717, 1.165) is 23.1 Å². The maximum atomic E-state index is 13.0. The molecule has 1 aliphatic heterocycles. The maximum absolute atomic E-state index is 13.0. The van der Waals surface area contributed by atoms with Crippen molar-refractivity contribution in [3.05, 3.63) is 47.8 Å². The molecule has 3 aromatic rings. The van der Waals surface area contributed by atoms with E-state index in [1.807, 2.05) is 52.8 Å². The molecule has 0 spiro atoms. The van der Waals surface area contributed by atoms with E-state index in [0.29, 0.717) is 31.6 Å². The lowest BCUT2D eigenvalue weighted by Crippen LogP contribution is -2.37. The van der Waals surface area contributed by atoms with Crippen LogP contribution >= 0.6 is 0 Å². The van der Waals surface area contributed by atoms with Gasteiger partial charge in [0.1, 0.15) is 16.6 Å². The summed E-state index contributed by atoms with van der Waals surface area (Å²) < 4.78 is 41.7. The number of benzene rings is 1. The standard InChI is InChI=1S/C27H36N6O5S/c1-18-9-7-10-19(2)24(18)22-15-23(30-25(29-22)31-39(35,36)21-16-28-32(6)17-21)37-20-11-8-13-33(14-12-20)26(34)38-27(3,4)5/h7,9-10,15-17,20H,8,11-14H2,1-6H3,(H,29,30,31). The molecule has 210 valence electrons. The first kappa shape index (κ1) is 28.3. The number of carbonyl (C=O) groups excluding carboxylic acids is 1. The maximum Gasteiger partial charge on any atom is 0.410 e. The van der Waals surface area contributed by atoms with E-state index in [4.69, 9.17) is 9.47 Å². The fourth-order valence-corrected chi connectivity index (χ4v) is 5.38. The molecule has 39 heavy (non-hydrogen) atoms. The molecule has 1 atom stereocenters.